The fourth-order valence-electron chi connectivity index (χ4n) is 1.37. The summed E-state index contributed by atoms with van der Waals surface area (Å²) >= 11 is 1.54. The van der Waals surface area contributed by atoms with E-state index < -0.39 is 5.97 Å². The number of carboxylic acids is 1. The van der Waals surface area contributed by atoms with Gasteiger partial charge in [-0.1, -0.05) is 0 Å². The average molecular weight is 238 g/mol. The minimum absolute atomic E-state index is 0.0807. The Bertz CT molecular complexity index is 446. The summed E-state index contributed by atoms with van der Waals surface area (Å²) in [4.78, 5) is 13.4. The molecular formula is C11H14N2O2S. The Labute approximate surface area is 98.7 Å². The summed E-state index contributed by atoms with van der Waals surface area (Å²) in [5, 5.41) is 18.5. The molecule has 0 saturated heterocycles. The summed E-state index contributed by atoms with van der Waals surface area (Å²) in [7, 11) is 1.81. The number of hydrogen-bond acceptors (Lipinski definition) is 4. The van der Waals surface area contributed by atoms with Crippen molar-refractivity contribution in [3.05, 3.63) is 16.0 Å². The quantitative estimate of drug-likeness (QED) is 0.873. The molecule has 0 saturated carbocycles. The van der Waals surface area contributed by atoms with Crippen LogP contribution in [0.25, 0.3) is 0 Å². The highest BCUT2D eigenvalue weighted by molar-refractivity contribution is 7.16. The highest BCUT2D eigenvalue weighted by Crippen LogP contribution is 2.34. The number of aryl methyl sites for hydroxylation is 1. The molecule has 0 aliphatic carbocycles. The van der Waals surface area contributed by atoms with Gasteiger partial charge in [0.2, 0.25) is 0 Å². The minimum Gasteiger partial charge on any atom is -0.481 e. The summed E-state index contributed by atoms with van der Waals surface area (Å²) in [5.74, 6) is -0.824. The summed E-state index contributed by atoms with van der Waals surface area (Å²) in [6, 6.07) is 2.17. The monoisotopic (exact) mass is 238 g/mol. The molecule has 0 fully saturated rings. The molecule has 1 heterocycles. The number of carbonyl (C=O) groups is 1. The van der Waals surface area contributed by atoms with Crippen LogP contribution in [0.1, 0.15) is 22.4 Å². The topological polar surface area (TPSA) is 64.3 Å². The van der Waals surface area contributed by atoms with Crippen molar-refractivity contribution in [2.45, 2.75) is 20.3 Å². The molecule has 1 aromatic rings. The number of thiophene rings is 1. The van der Waals surface area contributed by atoms with E-state index in [4.69, 9.17) is 10.4 Å². The largest absolute Gasteiger partial charge is 0.481 e. The van der Waals surface area contributed by atoms with E-state index in [0.717, 1.165) is 15.4 Å². The molecule has 4 nitrogen and oxygen atoms in total. The van der Waals surface area contributed by atoms with Crippen LogP contribution in [0.4, 0.5) is 5.00 Å². The van der Waals surface area contributed by atoms with E-state index in [-0.39, 0.29) is 6.42 Å². The van der Waals surface area contributed by atoms with Gasteiger partial charge >= 0.3 is 5.97 Å². The Morgan fingerprint density at radius 2 is 2.19 bits per heavy atom. The number of rotatable bonds is 4. The Balaban J connectivity index is 2.91. The van der Waals surface area contributed by atoms with Crippen LogP contribution in [0.2, 0.25) is 0 Å². The Kier molecular flexibility index (Phi) is 3.91. The SMILES string of the molecule is Cc1sc(N(C)CCC(=O)O)c(C#N)c1C. The van der Waals surface area contributed by atoms with E-state index in [0.29, 0.717) is 12.1 Å². The zero-order valence-corrected chi connectivity index (χ0v) is 10.4. The van der Waals surface area contributed by atoms with Gasteiger partial charge in [-0.05, 0) is 19.4 Å². The first-order chi connectivity index (χ1) is 7.47. The summed E-state index contributed by atoms with van der Waals surface area (Å²) in [6.45, 7) is 4.30. The lowest BCUT2D eigenvalue weighted by molar-refractivity contribution is -0.136. The predicted molar refractivity (Wildman–Crippen MR) is 64.0 cm³/mol. The van der Waals surface area contributed by atoms with E-state index in [1.807, 2.05) is 25.8 Å². The third kappa shape index (κ3) is 2.52. The first-order valence-corrected chi connectivity index (χ1v) is 5.72. The van der Waals surface area contributed by atoms with Gasteiger partial charge in [0, 0.05) is 18.5 Å². The van der Waals surface area contributed by atoms with Crippen LogP contribution in [-0.4, -0.2) is 24.7 Å². The lowest BCUT2D eigenvalue weighted by Gasteiger charge is -2.16. The van der Waals surface area contributed by atoms with Crippen molar-refractivity contribution in [1.82, 2.24) is 0 Å². The molecular weight excluding hydrogens is 224 g/mol. The molecule has 0 radical (unpaired) electrons. The maximum atomic E-state index is 10.5. The van der Waals surface area contributed by atoms with Gasteiger partial charge in [-0.3, -0.25) is 4.79 Å². The zero-order valence-electron chi connectivity index (χ0n) is 9.57. The molecule has 1 rings (SSSR count). The van der Waals surface area contributed by atoms with Gasteiger partial charge in [0.25, 0.3) is 0 Å². The molecule has 16 heavy (non-hydrogen) atoms. The number of aliphatic carboxylic acids is 1. The number of anilines is 1. The lowest BCUT2D eigenvalue weighted by atomic mass is 10.2. The van der Waals surface area contributed by atoms with Crippen molar-refractivity contribution < 1.29 is 9.90 Å². The first-order valence-electron chi connectivity index (χ1n) is 4.90. The normalized spacial score (nSPS) is 9.88. The molecule has 0 amide bonds. The second-order valence-electron chi connectivity index (χ2n) is 3.64. The Morgan fingerprint density at radius 3 is 2.69 bits per heavy atom. The van der Waals surface area contributed by atoms with Crippen LogP contribution in [0.3, 0.4) is 0 Å². The van der Waals surface area contributed by atoms with E-state index in [1.165, 1.54) is 11.3 Å². The molecule has 1 aromatic heterocycles. The second kappa shape index (κ2) is 4.99. The van der Waals surface area contributed by atoms with Gasteiger partial charge < -0.3 is 10.0 Å². The maximum absolute atomic E-state index is 10.5. The summed E-state index contributed by atoms with van der Waals surface area (Å²) in [6.07, 6.45) is 0.0807. The van der Waals surface area contributed by atoms with Crippen molar-refractivity contribution >= 4 is 22.3 Å². The van der Waals surface area contributed by atoms with Crippen molar-refractivity contribution in [3.8, 4) is 6.07 Å². The number of hydrogen-bond donors (Lipinski definition) is 1. The molecule has 1 N–H and O–H groups in total. The smallest absolute Gasteiger partial charge is 0.305 e. The average Bonchev–Trinajstić information content (AvgIpc) is 2.52. The molecule has 0 aromatic carbocycles. The zero-order chi connectivity index (χ0) is 12.3. The highest BCUT2D eigenvalue weighted by Gasteiger charge is 2.15. The van der Waals surface area contributed by atoms with Gasteiger partial charge in [-0.2, -0.15) is 5.26 Å². The first kappa shape index (κ1) is 12.5. The van der Waals surface area contributed by atoms with Crippen LogP contribution in [0.5, 0.6) is 0 Å². The molecule has 0 atom stereocenters. The van der Waals surface area contributed by atoms with Crippen molar-refractivity contribution in [1.29, 1.82) is 5.26 Å². The third-order valence-electron chi connectivity index (χ3n) is 2.49. The summed E-state index contributed by atoms with van der Waals surface area (Å²) < 4.78 is 0. The molecule has 0 spiro atoms. The van der Waals surface area contributed by atoms with Gasteiger partial charge in [-0.25, -0.2) is 0 Å². The van der Waals surface area contributed by atoms with E-state index in [1.54, 1.807) is 0 Å². The molecule has 0 aliphatic rings. The fraction of sp³-hybridized carbons (Fsp3) is 0.455. The van der Waals surface area contributed by atoms with E-state index in [9.17, 15) is 4.79 Å². The van der Waals surface area contributed by atoms with Gasteiger partial charge in [0.1, 0.15) is 11.1 Å². The molecule has 5 heteroatoms. The number of nitriles is 1. The van der Waals surface area contributed by atoms with Crippen LogP contribution < -0.4 is 4.90 Å². The third-order valence-corrected chi connectivity index (χ3v) is 3.81. The van der Waals surface area contributed by atoms with E-state index in [2.05, 4.69) is 6.07 Å². The Morgan fingerprint density at radius 1 is 1.56 bits per heavy atom. The van der Waals surface area contributed by atoms with Gasteiger partial charge in [-0.15, -0.1) is 11.3 Å². The number of nitrogens with zero attached hydrogens (tertiary/aromatic N) is 2. The van der Waals surface area contributed by atoms with Gasteiger partial charge in [0.15, 0.2) is 0 Å². The minimum atomic E-state index is -0.824. The van der Waals surface area contributed by atoms with Crippen LogP contribution in [-0.2, 0) is 4.79 Å². The van der Waals surface area contributed by atoms with Crippen molar-refractivity contribution in [3.63, 3.8) is 0 Å². The highest BCUT2D eigenvalue weighted by atomic mass is 32.1. The van der Waals surface area contributed by atoms with Crippen molar-refractivity contribution in [2.24, 2.45) is 0 Å². The standard InChI is InChI=1S/C11H14N2O2S/c1-7-8(2)16-11(9(7)6-12)13(3)5-4-10(14)15/h4-5H2,1-3H3,(H,14,15). The van der Waals surface area contributed by atoms with Crippen LogP contribution >= 0.6 is 11.3 Å². The maximum Gasteiger partial charge on any atom is 0.305 e. The summed E-state index contributed by atoms with van der Waals surface area (Å²) in [5.41, 5.74) is 1.65. The number of carboxylic acid groups (broad SMARTS) is 1. The van der Waals surface area contributed by atoms with E-state index >= 15 is 0 Å². The van der Waals surface area contributed by atoms with Gasteiger partial charge in [0.05, 0.1) is 12.0 Å². The molecule has 0 unspecified atom stereocenters. The second-order valence-corrected chi connectivity index (χ2v) is 4.84. The van der Waals surface area contributed by atoms with Crippen LogP contribution in [0.15, 0.2) is 0 Å². The lowest BCUT2D eigenvalue weighted by Crippen LogP contribution is -2.20. The fourth-order valence-corrected chi connectivity index (χ4v) is 2.47. The Hall–Kier alpha value is -1.54. The van der Waals surface area contributed by atoms with Crippen LogP contribution in [0, 0.1) is 25.2 Å². The molecule has 86 valence electrons. The molecule has 0 aliphatic heterocycles. The van der Waals surface area contributed by atoms with Crippen molar-refractivity contribution in [2.75, 3.05) is 18.5 Å². The molecule has 0 bridgehead atoms. The predicted octanol–water partition coefficient (Wildman–Crippen LogP) is 2.15.